The normalized spacial score (nSPS) is 20.0. The lowest BCUT2D eigenvalue weighted by Gasteiger charge is -2.27. The lowest BCUT2D eigenvalue weighted by Crippen LogP contribution is -2.44. The minimum atomic E-state index is -0.0334. The average Bonchev–Trinajstić information content (AvgIpc) is 3.35. The van der Waals surface area contributed by atoms with Crippen LogP contribution in [0.25, 0.3) is 11.3 Å². The highest BCUT2D eigenvalue weighted by Gasteiger charge is 2.34. The second-order valence-electron chi connectivity index (χ2n) is 6.81. The summed E-state index contributed by atoms with van der Waals surface area (Å²) in [4.78, 5) is 8.90. The van der Waals surface area contributed by atoms with Gasteiger partial charge < -0.3 is 24.9 Å². The summed E-state index contributed by atoms with van der Waals surface area (Å²) in [6.45, 7) is 5.42. The number of aliphatic hydroxyl groups is 1. The second-order valence-corrected chi connectivity index (χ2v) is 6.81. The number of ether oxygens (including phenoxy) is 1. The Bertz CT molecular complexity index is 724. The summed E-state index contributed by atoms with van der Waals surface area (Å²) < 4.78 is 11.4. The molecule has 1 aromatic heterocycles. The van der Waals surface area contributed by atoms with E-state index in [1.165, 1.54) is 0 Å². The molecule has 2 heterocycles. The van der Waals surface area contributed by atoms with Gasteiger partial charge in [0.15, 0.2) is 11.7 Å². The van der Waals surface area contributed by atoms with E-state index in [-0.39, 0.29) is 12.0 Å². The highest BCUT2D eigenvalue weighted by molar-refractivity contribution is 5.79. The van der Waals surface area contributed by atoms with Crippen molar-refractivity contribution >= 4 is 5.96 Å². The number of aliphatic imine (C=N–C) groups is 1. The van der Waals surface area contributed by atoms with Gasteiger partial charge in [-0.15, -0.1) is 0 Å². The van der Waals surface area contributed by atoms with Gasteiger partial charge in [0.05, 0.1) is 12.8 Å². The third kappa shape index (κ3) is 5.30. The summed E-state index contributed by atoms with van der Waals surface area (Å²) in [5, 5.41) is 16.0. The number of aliphatic hydroxyl groups excluding tert-OH is 1. The molecule has 27 heavy (non-hydrogen) atoms. The van der Waals surface area contributed by atoms with Crippen LogP contribution in [0.3, 0.4) is 0 Å². The third-order valence-corrected chi connectivity index (χ3v) is 4.79. The first-order valence-corrected chi connectivity index (χ1v) is 9.45. The number of aromatic nitrogens is 1. The van der Waals surface area contributed by atoms with Gasteiger partial charge in [0, 0.05) is 37.3 Å². The van der Waals surface area contributed by atoms with Gasteiger partial charge in [-0.05, 0) is 19.8 Å². The fraction of sp³-hybridized carbons (Fsp3) is 0.500. The number of oxazole rings is 1. The van der Waals surface area contributed by atoms with Crippen molar-refractivity contribution in [1.29, 1.82) is 0 Å². The molecule has 7 heteroatoms. The average molecular weight is 372 g/mol. The summed E-state index contributed by atoms with van der Waals surface area (Å²) in [5.74, 6) is 2.02. The van der Waals surface area contributed by atoms with E-state index in [1.54, 1.807) is 6.20 Å². The van der Waals surface area contributed by atoms with Crippen LogP contribution in [0.1, 0.15) is 25.7 Å². The van der Waals surface area contributed by atoms with Crippen LogP contribution in [0.5, 0.6) is 0 Å². The van der Waals surface area contributed by atoms with Crippen LogP contribution in [-0.4, -0.2) is 49.0 Å². The minimum Gasteiger partial charge on any atom is -0.439 e. The fourth-order valence-electron chi connectivity index (χ4n) is 3.19. The summed E-state index contributed by atoms with van der Waals surface area (Å²) in [7, 11) is 0. The van der Waals surface area contributed by atoms with Gasteiger partial charge in [-0.1, -0.05) is 30.3 Å². The van der Waals surface area contributed by atoms with Gasteiger partial charge in [-0.3, -0.25) is 0 Å². The van der Waals surface area contributed by atoms with E-state index in [0.29, 0.717) is 31.5 Å². The Morgan fingerprint density at radius 3 is 2.85 bits per heavy atom. The Labute approximate surface area is 159 Å². The molecular weight excluding hydrogens is 344 g/mol. The standard InChI is InChI=1S/C20H28N4O3/c1-2-21-19(24-14-20(8-10-25)9-11-26-15-20)23-13-18-22-12-17(27-18)16-6-4-3-5-7-16/h3-7,12,25H,2,8-11,13-15H2,1H3,(H2,21,23,24). The molecule has 1 saturated heterocycles. The first-order valence-electron chi connectivity index (χ1n) is 9.45. The van der Waals surface area contributed by atoms with Gasteiger partial charge in [0.2, 0.25) is 5.89 Å². The van der Waals surface area contributed by atoms with Gasteiger partial charge in [0.1, 0.15) is 6.54 Å². The maximum Gasteiger partial charge on any atom is 0.216 e. The molecule has 1 unspecified atom stereocenters. The van der Waals surface area contributed by atoms with Crippen molar-refractivity contribution < 1.29 is 14.3 Å². The van der Waals surface area contributed by atoms with Crippen LogP contribution >= 0.6 is 0 Å². The number of rotatable bonds is 8. The van der Waals surface area contributed by atoms with Gasteiger partial charge in [-0.2, -0.15) is 0 Å². The summed E-state index contributed by atoms with van der Waals surface area (Å²) in [5.41, 5.74) is 0.964. The molecule has 1 aliphatic rings. The Balaban J connectivity index is 1.61. The van der Waals surface area contributed by atoms with Crippen LogP contribution < -0.4 is 10.6 Å². The number of hydrogen-bond acceptors (Lipinski definition) is 5. The zero-order chi connectivity index (χ0) is 19.0. The molecule has 1 atom stereocenters. The van der Waals surface area contributed by atoms with E-state index >= 15 is 0 Å². The monoisotopic (exact) mass is 372 g/mol. The van der Waals surface area contributed by atoms with Crippen LogP contribution in [0.2, 0.25) is 0 Å². The smallest absolute Gasteiger partial charge is 0.216 e. The summed E-state index contributed by atoms with van der Waals surface area (Å²) in [6, 6.07) is 9.89. The van der Waals surface area contributed by atoms with E-state index < -0.39 is 0 Å². The lowest BCUT2D eigenvalue weighted by molar-refractivity contribution is 0.127. The minimum absolute atomic E-state index is 0.0334. The zero-order valence-corrected chi connectivity index (χ0v) is 15.8. The quantitative estimate of drug-likeness (QED) is 0.486. The molecule has 3 rings (SSSR count). The van der Waals surface area contributed by atoms with E-state index in [0.717, 1.165) is 37.3 Å². The first-order chi connectivity index (χ1) is 13.2. The molecule has 146 valence electrons. The van der Waals surface area contributed by atoms with Crippen molar-refractivity contribution in [2.24, 2.45) is 10.4 Å². The van der Waals surface area contributed by atoms with Crippen molar-refractivity contribution in [1.82, 2.24) is 15.6 Å². The number of nitrogens with zero attached hydrogens (tertiary/aromatic N) is 2. The van der Waals surface area contributed by atoms with Crippen molar-refractivity contribution in [3.63, 3.8) is 0 Å². The van der Waals surface area contributed by atoms with Crippen molar-refractivity contribution in [3.8, 4) is 11.3 Å². The number of benzene rings is 1. The van der Waals surface area contributed by atoms with E-state index in [4.69, 9.17) is 9.15 Å². The maximum absolute atomic E-state index is 9.36. The van der Waals surface area contributed by atoms with E-state index in [1.807, 2.05) is 37.3 Å². The highest BCUT2D eigenvalue weighted by Crippen LogP contribution is 2.31. The van der Waals surface area contributed by atoms with Crippen molar-refractivity contribution in [3.05, 3.63) is 42.4 Å². The molecule has 0 saturated carbocycles. The maximum atomic E-state index is 9.36. The van der Waals surface area contributed by atoms with Crippen molar-refractivity contribution in [2.75, 3.05) is 32.9 Å². The highest BCUT2D eigenvalue weighted by atomic mass is 16.5. The summed E-state index contributed by atoms with van der Waals surface area (Å²) in [6.07, 6.45) is 3.40. The molecule has 1 fully saturated rings. The molecule has 0 amide bonds. The van der Waals surface area contributed by atoms with Crippen LogP contribution in [0.4, 0.5) is 0 Å². The molecule has 3 N–H and O–H groups in total. The van der Waals surface area contributed by atoms with E-state index in [9.17, 15) is 5.11 Å². The molecule has 0 aliphatic carbocycles. The molecule has 0 bridgehead atoms. The van der Waals surface area contributed by atoms with Gasteiger partial charge in [0.25, 0.3) is 0 Å². The molecular formula is C20H28N4O3. The van der Waals surface area contributed by atoms with Gasteiger partial charge in [-0.25, -0.2) is 9.98 Å². The largest absolute Gasteiger partial charge is 0.439 e. The van der Waals surface area contributed by atoms with E-state index in [2.05, 4.69) is 20.6 Å². The van der Waals surface area contributed by atoms with Crippen LogP contribution in [0, 0.1) is 5.41 Å². The van der Waals surface area contributed by atoms with Gasteiger partial charge >= 0.3 is 0 Å². The SMILES string of the molecule is CCNC(=NCc1ncc(-c2ccccc2)o1)NCC1(CCO)CCOC1. The second kappa shape index (κ2) is 9.53. The van der Waals surface area contributed by atoms with Crippen molar-refractivity contribution in [2.45, 2.75) is 26.3 Å². The molecule has 1 aliphatic heterocycles. The zero-order valence-electron chi connectivity index (χ0n) is 15.8. The molecule has 0 spiro atoms. The lowest BCUT2D eigenvalue weighted by atomic mass is 9.84. The molecule has 7 nitrogen and oxygen atoms in total. The van der Waals surface area contributed by atoms with Crippen LogP contribution in [0.15, 0.2) is 45.9 Å². The number of guanidine groups is 1. The Morgan fingerprint density at radius 2 is 2.15 bits per heavy atom. The molecule has 0 radical (unpaired) electrons. The number of nitrogens with one attached hydrogen (secondary N) is 2. The summed E-state index contributed by atoms with van der Waals surface area (Å²) >= 11 is 0. The number of hydrogen-bond donors (Lipinski definition) is 3. The third-order valence-electron chi connectivity index (χ3n) is 4.79. The molecule has 2 aromatic rings. The Kier molecular flexibility index (Phi) is 6.84. The fourth-order valence-corrected chi connectivity index (χ4v) is 3.19. The Hall–Kier alpha value is -2.38. The predicted octanol–water partition coefficient (Wildman–Crippen LogP) is 2.19. The Morgan fingerprint density at radius 1 is 1.30 bits per heavy atom. The topological polar surface area (TPSA) is 91.9 Å². The first kappa shape index (κ1) is 19.4. The van der Waals surface area contributed by atoms with Crippen LogP contribution in [-0.2, 0) is 11.3 Å². The predicted molar refractivity (Wildman–Crippen MR) is 104 cm³/mol. The molecule has 1 aromatic carbocycles.